The molecule has 0 aromatic carbocycles. The van der Waals surface area contributed by atoms with Crippen LogP contribution in [0.2, 0.25) is 0 Å². The van der Waals surface area contributed by atoms with Crippen molar-refractivity contribution in [3.05, 3.63) is 24.3 Å². The summed E-state index contributed by atoms with van der Waals surface area (Å²) in [4.78, 5) is 92.7. The van der Waals surface area contributed by atoms with Crippen LogP contribution in [0.25, 0.3) is 0 Å². The van der Waals surface area contributed by atoms with E-state index < -0.39 is 136 Å². The molecule has 1 saturated heterocycles. The first-order chi connectivity index (χ1) is 25.9. The number of carbonyl (C=O) groups is 7. The van der Waals surface area contributed by atoms with Crippen LogP contribution < -0.4 is 0 Å². The van der Waals surface area contributed by atoms with E-state index >= 15 is 0 Å². The molecule has 6 rings (SSSR count). The Hall–Kier alpha value is -4.31. The number of rotatable bonds is 7. The second-order valence-electron chi connectivity index (χ2n) is 17.1. The van der Waals surface area contributed by atoms with Gasteiger partial charge in [-0.1, -0.05) is 26.5 Å². The molecule has 0 amide bonds. The van der Waals surface area contributed by atoms with Crippen LogP contribution in [-0.4, -0.2) is 108 Å². The Labute approximate surface area is 324 Å². The fourth-order valence-electron chi connectivity index (χ4n) is 12.6. The van der Waals surface area contributed by atoms with Gasteiger partial charge in [0.15, 0.2) is 12.2 Å². The normalized spacial score (nSPS) is 44.9. The van der Waals surface area contributed by atoms with Crippen molar-refractivity contribution in [1.82, 2.24) is 0 Å². The highest BCUT2D eigenvalue weighted by Crippen LogP contribution is 2.78. The van der Waals surface area contributed by atoms with E-state index in [2.05, 4.69) is 6.58 Å². The molecule has 56 heavy (non-hydrogen) atoms. The van der Waals surface area contributed by atoms with Crippen molar-refractivity contribution < 1.29 is 76.6 Å². The fourth-order valence-corrected chi connectivity index (χ4v) is 12.6. The second kappa shape index (κ2) is 13.4. The van der Waals surface area contributed by atoms with Crippen molar-refractivity contribution in [2.75, 3.05) is 13.7 Å². The predicted molar refractivity (Wildman–Crippen MR) is 188 cm³/mol. The lowest BCUT2D eigenvalue weighted by Crippen LogP contribution is -2.84. The highest BCUT2D eigenvalue weighted by atomic mass is 16.7. The van der Waals surface area contributed by atoms with Gasteiger partial charge in [-0.15, -0.1) is 0 Å². The summed E-state index contributed by atoms with van der Waals surface area (Å²) in [5, 5.41) is 13.6. The number of allylic oxidation sites excluding steroid dienone is 1. The van der Waals surface area contributed by atoms with E-state index in [1.165, 1.54) is 26.8 Å². The van der Waals surface area contributed by atoms with Gasteiger partial charge in [-0.3, -0.25) is 24.0 Å². The zero-order valence-electron chi connectivity index (χ0n) is 33.5. The zero-order valence-corrected chi connectivity index (χ0v) is 33.5. The number of esters is 7. The minimum Gasteiger partial charge on any atom is -0.467 e. The molecule has 1 unspecified atom stereocenters. The van der Waals surface area contributed by atoms with Crippen molar-refractivity contribution in [3.8, 4) is 0 Å². The van der Waals surface area contributed by atoms with Crippen LogP contribution in [0.15, 0.2) is 24.3 Å². The molecule has 4 aliphatic carbocycles. The molecule has 6 aliphatic rings. The number of cyclic esters (lactones) is 1. The molecule has 1 N–H and O–H groups in total. The largest absolute Gasteiger partial charge is 0.467 e. The summed E-state index contributed by atoms with van der Waals surface area (Å²) in [5.74, 6) is -8.32. The van der Waals surface area contributed by atoms with Gasteiger partial charge in [0.05, 0.1) is 23.5 Å². The number of carbonyl (C=O) groups excluding carboxylic acids is 7. The Morgan fingerprint density at radius 3 is 2.00 bits per heavy atom. The average Bonchev–Trinajstić information content (AvgIpc) is 3.87. The number of hydrogen-bond donors (Lipinski definition) is 1. The summed E-state index contributed by atoms with van der Waals surface area (Å²) in [6.07, 6.45) is -4.94. The number of hydrogen-bond acceptors (Lipinski definition) is 16. The maximum absolute atomic E-state index is 13.9. The lowest BCUT2D eigenvalue weighted by molar-refractivity contribution is -0.357. The fraction of sp³-hybridized carbons (Fsp3) is 0.725. The lowest BCUT2D eigenvalue weighted by atomic mass is 9.31. The van der Waals surface area contributed by atoms with Gasteiger partial charge in [-0.2, -0.15) is 0 Å². The van der Waals surface area contributed by atoms with Gasteiger partial charge in [0, 0.05) is 58.4 Å². The third kappa shape index (κ3) is 5.33. The summed E-state index contributed by atoms with van der Waals surface area (Å²) >= 11 is 0. The van der Waals surface area contributed by atoms with Crippen LogP contribution >= 0.6 is 0 Å². The topological polar surface area (TPSA) is 217 Å². The first kappa shape index (κ1) is 41.3. The van der Waals surface area contributed by atoms with Crippen molar-refractivity contribution in [1.29, 1.82) is 0 Å². The van der Waals surface area contributed by atoms with E-state index in [0.29, 0.717) is 5.57 Å². The van der Waals surface area contributed by atoms with Crippen LogP contribution in [0, 0.1) is 39.4 Å². The van der Waals surface area contributed by atoms with Crippen LogP contribution in [-0.2, 0) is 71.5 Å². The quantitative estimate of drug-likeness (QED) is 0.170. The minimum absolute atomic E-state index is 0.133. The molecule has 4 saturated carbocycles. The van der Waals surface area contributed by atoms with E-state index in [9.17, 15) is 38.7 Å². The van der Waals surface area contributed by atoms with Crippen LogP contribution in [0.1, 0.15) is 81.6 Å². The molecular formula is C40H52O16. The number of aliphatic hydroxyl groups is 1. The molecule has 308 valence electrons. The number of methoxy groups -OCH3 is 1. The van der Waals surface area contributed by atoms with E-state index in [0.717, 1.165) is 21.0 Å². The molecule has 0 spiro atoms. The predicted octanol–water partition coefficient (Wildman–Crippen LogP) is 2.45. The van der Waals surface area contributed by atoms with Crippen molar-refractivity contribution in [2.24, 2.45) is 39.4 Å². The van der Waals surface area contributed by atoms with Crippen molar-refractivity contribution in [2.45, 2.75) is 129 Å². The summed E-state index contributed by atoms with van der Waals surface area (Å²) in [6.45, 7) is 16.4. The Balaban J connectivity index is 1.72. The molecule has 0 aromatic heterocycles. The third-order valence-corrected chi connectivity index (χ3v) is 14.4. The molecule has 0 radical (unpaired) electrons. The third-order valence-electron chi connectivity index (χ3n) is 14.4. The second-order valence-corrected chi connectivity index (χ2v) is 17.1. The molecule has 15 atom stereocenters. The Morgan fingerprint density at radius 1 is 0.875 bits per heavy atom. The Bertz CT molecular complexity index is 1800. The molecule has 2 aliphatic heterocycles. The molecule has 16 heteroatoms. The van der Waals surface area contributed by atoms with Crippen molar-refractivity contribution in [3.63, 3.8) is 0 Å². The SMILES string of the molecule is C=C1C[C@@]2(O)[C@@H]3CC[C@@]4(C)[C@@H]5C=CC(=O)OC[C@]5([C@@H](C)OC(C)=O)C(OC(C)=O)[C@@H](OC(C)=O)[C@@H]4[C@@]3(C)[C@H](OC(C)=O)[C@H](OC(C)=O)[C@@]2(C)[C@]2(C(=O)OC)O[C@H]12. The highest BCUT2D eigenvalue weighted by molar-refractivity contribution is 5.87. The van der Waals surface area contributed by atoms with Gasteiger partial charge in [0.25, 0.3) is 0 Å². The summed E-state index contributed by atoms with van der Waals surface area (Å²) < 4.78 is 47.9. The molecule has 0 aromatic rings. The Kier molecular flexibility index (Phi) is 9.88. The molecule has 0 bridgehead atoms. The monoisotopic (exact) mass is 788 g/mol. The lowest BCUT2D eigenvalue weighted by Gasteiger charge is -2.74. The van der Waals surface area contributed by atoms with E-state index in [4.69, 9.17) is 37.9 Å². The highest BCUT2D eigenvalue weighted by Gasteiger charge is 2.91. The number of fused-ring (bicyclic) bond motifs is 9. The average molecular weight is 789 g/mol. The van der Waals surface area contributed by atoms with Gasteiger partial charge in [-0.25, -0.2) is 9.59 Å². The first-order valence-corrected chi connectivity index (χ1v) is 18.8. The van der Waals surface area contributed by atoms with E-state index in [1.54, 1.807) is 26.8 Å². The maximum atomic E-state index is 13.9. The summed E-state index contributed by atoms with van der Waals surface area (Å²) in [7, 11) is 1.16. The number of epoxide rings is 1. The molecule has 16 nitrogen and oxygen atoms in total. The molecule has 5 fully saturated rings. The van der Waals surface area contributed by atoms with Crippen LogP contribution in [0.4, 0.5) is 0 Å². The summed E-state index contributed by atoms with van der Waals surface area (Å²) in [5.41, 5.74) is -9.66. The Morgan fingerprint density at radius 2 is 1.45 bits per heavy atom. The van der Waals surface area contributed by atoms with E-state index in [-0.39, 0.29) is 19.3 Å². The van der Waals surface area contributed by atoms with Crippen LogP contribution in [0.5, 0.6) is 0 Å². The van der Waals surface area contributed by atoms with Gasteiger partial charge in [-0.05, 0) is 49.5 Å². The van der Waals surface area contributed by atoms with Gasteiger partial charge >= 0.3 is 41.8 Å². The first-order valence-electron chi connectivity index (χ1n) is 18.8. The van der Waals surface area contributed by atoms with Crippen LogP contribution in [0.3, 0.4) is 0 Å². The smallest absolute Gasteiger partial charge is 0.342 e. The minimum atomic E-state index is -2.01. The van der Waals surface area contributed by atoms with Gasteiger partial charge in [0.1, 0.15) is 31.0 Å². The van der Waals surface area contributed by atoms with Gasteiger partial charge in [0.2, 0.25) is 5.60 Å². The molecular weight excluding hydrogens is 736 g/mol. The number of ether oxygens (including phenoxy) is 8. The zero-order chi connectivity index (χ0) is 41.7. The molecule has 2 heterocycles. The van der Waals surface area contributed by atoms with Gasteiger partial charge < -0.3 is 43.0 Å². The van der Waals surface area contributed by atoms with Crippen molar-refractivity contribution >= 4 is 41.8 Å². The maximum Gasteiger partial charge on any atom is 0.342 e. The standard InChI is InChI=1S/C40H52O16/c1-18-16-39(48)26-14-15-35(8)25-12-13-27(46)50-17-38(25,19(2)51-20(3)41)31(53-22(5)43)28(52-21(4)42)29(35)36(26,9)32(54-23(6)44)33(55-24(7)45)37(39,10)40(30(18)56-40)34(47)49-11/h12-13,19,25-26,28-33,48H,1,14-17H2,2-11H3/t19-,25+,26-,28+,29+,30-,31?,32-,33+,35+,36+,37-,38-,39-,40+/m1/s1. The van der Waals surface area contributed by atoms with E-state index in [1.807, 2.05) is 6.92 Å². The summed E-state index contributed by atoms with van der Waals surface area (Å²) in [6, 6.07) is 0.